The van der Waals surface area contributed by atoms with Crippen molar-refractivity contribution < 1.29 is 9.90 Å². The molecule has 5 nitrogen and oxygen atoms in total. The maximum absolute atomic E-state index is 12.2. The second-order valence-electron chi connectivity index (χ2n) is 6.64. The number of rotatable bonds is 4. The van der Waals surface area contributed by atoms with Crippen LogP contribution < -0.4 is 11.1 Å². The Kier molecular flexibility index (Phi) is 5.06. The Labute approximate surface area is 148 Å². The average Bonchev–Trinajstić information content (AvgIpc) is 2.64. The molecule has 5 heteroatoms. The van der Waals surface area contributed by atoms with E-state index in [2.05, 4.69) is 22.3 Å². The summed E-state index contributed by atoms with van der Waals surface area (Å²) in [7, 11) is 1.57. The van der Waals surface area contributed by atoms with Gasteiger partial charge in [-0.2, -0.15) is 0 Å². The van der Waals surface area contributed by atoms with E-state index in [1.165, 1.54) is 5.56 Å². The summed E-state index contributed by atoms with van der Waals surface area (Å²) in [6, 6.07) is 15.6. The fourth-order valence-corrected chi connectivity index (χ4v) is 3.53. The highest BCUT2D eigenvalue weighted by Gasteiger charge is 2.37. The molecule has 1 heterocycles. The van der Waals surface area contributed by atoms with E-state index in [1.54, 1.807) is 19.2 Å². The number of nitrogen functional groups attached to an aromatic ring is 1. The largest absolute Gasteiger partial charge is 0.398 e. The Hall–Kier alpha value is -2.37. The van der Waals surface area contributed by atoms with Crippen LogP contribution >= 0.6 is 0 Å². The topological polar surface area (TPSA) is 78.6 Å². The van der Waals surface area contributed by atoms with Gasteiger partial charge in [-0.1, -0.05) is 42.5 Å². The first-order valence-electron chi connectivity index (χ1n) is 8.63. The van der Waals surface area contributed by atoms with Crippen molar-refractivity contribution in [3.8, 4) is 0 Å². The number of nitrogens with two attached hydrogens (primary N) is 1. The zero-order valence-electron chi connectivity index (χ0n) is 14.5. The number of benzene rings is 2. The van der Waals surface area contributed by atoms with Gasteiger partial charge in [0.25, 0.3) is 5.91 Å². The molecule has 0 spiro atoms. The molecule has 0 saturated carbocycles. The predicted molar refractivity (Wildman–Crippen MR) is 99.1 cm³/mol. The second-order valence-corrected chi connectivity index (χ2v) is 6.64. The monoisotopic (exact) mass is 339 g/mol. The Morgan fingerprint density at radius 1 is 1.16 bits per heavy atom. The molecule has 4 N–H and O–H groups in total. The number of anilines is 1. The number of nitrogens with zero attached hydrogens (tertiary/aromatic N) is 1. The number of piperidine rings is 1. The summed E-state index contributed by atoms with van der Waals surface area (Å²) in [4.78, 5) is 14.6. The lowest BCUT2D eigenvalue weighted by Crippen LogP contribution is -2.43. The lowest BCUT2D eigenvalue weighted by Gasteiger charge is -2.39. The van der Waals surface area contributed by atoms with Gasteiger partial charge in [-0.25, -0.2) is 0 Å². The molecule has 132 valence electrons. The predicted octanol–water partition coefficient (Wildman–Crippen LogP) is 2.11. The Morgan fingerprint density at radius 2 is 1.84 bits per heavy atom. The number of hydrogen-bond donors (Lipinski definition) is 3. The highest BCUT2D eigenvalue weighted by molar-refractivity contribution is 6.00. The van der Waals surface area contributed by atoms with Gasteiger partial charge in [-0.15, -0.1) is 0 Å². The van der Waals surface area contributed by atoms with Crippen LogP contribution in [0.2, 0.25) is 0 Å². The van der Waals surface area contributed by atoms with Crippen LogP contribution in [0.1, 0.15) is 34.3 Å². The van der Waals surface area contributed by atoms with Gasteiger partial charge < -0.3 is 16.2 Å². The van der Waals surface area contributed by atoms with Gasteiger partial charge in [0.2, 0.25) is 0 Å². The van der Waals surface area contributed by atoms with Crippen LogP contribution in [0.15, 0.2) is 48.5 Å². The molecule has 0 atom stereocenters. The van der Waals surface area contributed by atoms with Crippen molar-refractivity contribution in [2.75, 3.05) is 25.9 Å². The van der Waals surface area contributed by atoms with Crippen molar-refractivity contribution in [1.29, 1.82) is 0 Å². The van der Waals surface area contributed by atoms with Crippen molar-refractivity contribution in [3.05, 3.63) is 65.2 Å². The zero-order chi connectivity index (χ0) is 17.9. The van der Waals surface area contributed by atoms with Gasteiger partial charge >= 0.3 is 0 Å². The summed E-state index contributed by atoms with van der Waals surface area (Å²) in [5, 5.41) is 13.8. The first kappa shape index (κ1) is 17.5. The number of nitrogens with one attached hydrogen (secondary N) is 1. The smallest absolute Gasteiger partial charge is 0.253 e. The van der Waals surface area contributed by atoms with Crippen LogP contribution in [0.3, 0.4) is 0 Å². The molecular weight excluding hydrogens is 314 g/mol. The minimum atomic E-state index is -1.02. The normalized spacial score (nSPS) is 17.2. The van der Waals surface area contributed by atoms with Crippen LogP contribution in [0.25, 0.3) is 0 Å². The molecule has 1 amide bonds. The van der Waals surface area contributed by atoms with Crippen LogP contribution in [0.4, 0.5) is 5.69 Å². The van der Waals surface area contributed by atoms with Gasteiger partial charge in [0.1, 0.15) is 0 Å². The molecule has 1 fully saturated rings. The second kappa shape index (κ2) is 7.25. The van der Waals surface area contributed by atoms with E-state index in [9.17, 15) is 9.90 Å². The molecule has 1 saturated heterocycles. The molecule has 1 aliphatic rings. The quantitative estimate of drug-likeness (QED) is 0.746. The third kappa shape index (κ3) is 3.67. The standard InChI is InChI=1S/C20H25N3O2/c1-22-19(24)18-16(8-5-9-17(18)21)20(25)10-12-23(13-11-20)14-15-6-3-2-4-7-15/h2-9,25H,10-14,21H2,1H3,(H,22,24). The van der Waals surface area contributed by atoms with E-state index >= 15 is 0 Å². The molecule has 0 bridgehead atoms. The van der Waals surface area contributed by atoms with Crippen LogP contribution in [0, 0.1) is 0 Å². The first-order valence-corrected chi connectivity index (χ1v) is 8.63. The molecule has 1 aliphatic heterocycles. The lowest BCUT2D eigenvalue weighted by atomic mass is 9.81. The van der Waals surface area contributed by atoms with Crippen molar-refractivity contribution in [3.63, 3.8) is 0 Å². The first-order chi connectivity index (χ1) is 12.0. The minimum Gasteiger partial charge on any atom is -0.398 e. The third-order valence-electron chi connectivity index (χ3n) is 4.98. The summed E-state index contributed by atoms with van der Waals surface area (Å²) in [6.07, 6.45) is 1.15. The fraction of sp³-hybridized carbons (Fsp3) is 0.350. The van der Waals surface area contributed by atoms with E-state index < -0.39 is 5.60 Å². The molecule has 3 rings (SSSR count). The maximum atomic E-state index is 12.2. The summed E-state index contributed by atoms with van der Waals surface area (Å²) in [5.74, 6) is -0.256. The highest BCUT2D eigenvalue weighted by atomic mass is 16.3. The SMILES string of the molecule is CNC(=O)c1c(N)cccc1C1(O)CCN(Cc2ccccc2)CC1. The molecule has 0 aliphatic carbocycles. The van der Waals surface area contributed by atoms with E-state index in [0.717, 1.165) is 19.6 Å². The van der Waals surface area contributed by atoms with Crippen LogP contribution in [-0.2, 0) is 12.1 Å². The van der Waals surface area contributed by atoms with Crippen molar-refractivity contribution >= 4 is 11.6 Å². The van der Waals surface area contributed by atoms with Gasteiger partial charge in [0.15, 0.2) is 0 Å². The van der Waals surface area contributed by atoms with Gasteiger partial charge in [0, 0.05) is 32.4 Å². The summed E-state index contributed by atoms with van der Waals surface area (Å²) in [6.45, 7) is 2.41. The molecule has 2 aromatic rings. The van der Waals surface area contributed by atoms with E-state index in [0.29, 0.717) is 29.7 Å². The Bertz CT molecular complexity index is 738. The number of carbonyl (C=O) groups is 1. The van der Waals surface area contributed by atoms with Crippen molar-refractivity contribution in [2.24, 2.45) is 0 Å². The van der Waals surface area contributed by atoms with Gasteiger partial charge in [-0.3, -0.25) is 9.69 Å². The molecular formula is C20H25N3O2. The van der Waals surface area contributed by atoms with E-state index in [1.807, 2.05) is 24.3 Å². The Balaban J connectivity index is 1.77. The van der Waals surface area contributed by atoms with Crippen molar-refractivity contribution in [1.82, 2.24) is 10.2 Å². The van der Waals surface area contributed by atoms with Crippen molar-refractivity contribution in [2.45, 2.75) is 25.0 Å². The van der Waals surface area contributed by atoms with Gasteiger partial charge in [0.05, 0.1) is 11.2 Å². The average molecular weight is 339 g/mol. The minimum absolute atomic E-state index is 0.256. The fourth-order valence-electron chi connectivity index (χ4n) is 3.53. The number of amides is 1. The van der Waals surface area contributed by atoms with Gasteiger partial charge in [-0.05, 0) is 30.0 Å². The van der Waals surface area contributed by atoms with Crippen LogP contribution in [-0.4, -0.2) is 36.1 Å². The summed E-state index contributed by atoms with van der Waals surface area (Å²) < 4.78 is 0. The highest BCUT2D eigenvalue weighted by Crippen LogP contribution is 2.36. The molecule has 25 heavy (non-hydrogen) atoms. The molecule has 0 aromatic heterocycles. The Morgan fingerprint density at radius 3 is 2.48 bits per heavy atom. The number of carbonyl (C=O) groups excluding carboxylic acids is 1. The summed E-state index contributed by atoms with van der Waals surface area (Å²) >= 11 is 0. The third-order valence-corrected chi connectivity index (χ3v) is 4.98. The maximum Gasteiger partial charge on any atom is 0.253 e. The number of likely N-dealkylation sites (tertiary alicyclic amines) is 1. The van der Waals surface area contributed by atoms with Crippen LogP contribution in [0.5, 0.6) is 0 Å². The molecule has 2 aromatic carbocycles. The zero-order valence-corrected chi connectivity index (χ0v) is 14.5. The number of aliphatic hydroxyl groups is 1. The summed E-state index contributed by atoms with van der Waals surface area (Å²) in [5.41, 5.74) is 7.68. The lowest BCUT2D eigenvalue weighted by molar-refractivity contribution is -0.0282. The van der Waals surface area contributed by atoms with E-state index in [-0.39, 0.29) is 5.91 Å². The molecule has 0 unspecified atom stereocenters. The number of hydrogen-bond acceptors (Lipinski definition) is 4. The molecule has 0 radical (unpaired) electrons. The van der Waals surface area contributed by atoms with E-state index in [4.69, 9.17) is 5.73 Å².